The molecule has 1 N–H and O–H groups in total. The van der Waals surface area contributed by atoms with Gasteiger partial charge in [-0.2, -0.15) is 4.52 Å². The highest BCUT2D eigenvalue weighted by Crippen LogP contribution is 2.14. The van der Waals surface area contributed by atoms with Crippen molar-refractivity contribution in [2.45, 2.75) is 6.61 Å². The molecule has 0 bridgehead atoms. The molecule has 2 heterocycles. The van der Waals surface area contributed by atoms with Gasteiger partial charge in [0.2, 0.25) is 0 Å². The maximum absolute atomic E-state index is 9.00. The molecule has 0 saturated heterocycles. The molecule has 15 heavy (non-hydrogen) atoms. The van der Waals surface area contributed by atoms with Crippen LogP contribution in [0.3, 0.4) is 0 Å². The van der Waals surface area contributed by atoms with Gasteiger partial charge < -0.3 is 5.11 Å². The second-order valence-corrected chi connectivity index (χ2v) is 3.22. The van der Waals surface area contributed by atoms with Crippen molar-refractivity contribution in [2.24, 2.45) is 0 Å². The van der Waals surface area contributed by atoms with Gasteiger partial charge in [0.25, 0.3) is 5.78 Å². The topological polar surface area (TPSA) is 76.2 Å². The van der Waals surface area contributed by atoms with E-state index in [1.54, 1.807) is 6.20 Å². The number of aliphatic hydroxyl groups is 1. The lowest BCUT2D eigenvalue weighted by molar-refractivity contribution is 0.282. The van der Waals surface area contributed by atoms with Gasteiger partial charge >= 0.3 is 0 Å². The van der Waals surface area contributed by atoms with Gasteiger partial charge in [0.15, 0.2) is 0 Å². The van der Waals surface area contributed by atoms with Crippen molar-refractivity contribution in [1.29, 1.82) is 0 Å². The third-order valence-corrected chi connectivity index (χ3v) is 2.23. The molecule has 0 aliphatic rings. The zero-order valence-electron chi connectivity index (χ0n) is 7.70. The summed E-state index contributed by atoms with van der Waals surface area (Å²) in [6.07, 6.45) is 1.79. The minimum Gasteiger partial charge on any atom is -0.392 e. The van der Waals surface area contributed by atoms with Gasteiger partial charge in [0.05, 0.1) is 12.1 Å². The highest BCUT2D eigenvalue weighted by molar-refractivity contribution is 5.79. The maximum Gasteiger partial charge on any atom is 0.273 e. The van der Waals surface area contributed by atoms with Crippen LogP contribution in [0.25, 0.3) is 16.7 Å². The van der Waals surface area contributed by atoms with Crippen LogP contribution in [0, 0.1) is 0 Å². The molecule has 0 spiro atoms. The molecule has 0 aliphatic heterocycles. The van der Waals surface area contributed by atoms with Crippen molar-refractivity contribution in [3.05, 3.63) is 30.0 Å². The number of rotatable bonds is 1. The first-order chi connectivity index (χ1) is 7.36. The Bertz CT molecular complexity index is 633. The minimum atomic E-state index is 0.0174. The third kappa shape index (κ3) is 1.23. The number of nitrogens with zero attached hydrogens (tertiary/aromatic N) is 5. The van der Waals surface area contributed by atoms with E-state index in [9.17, 15) is 0 Å². The number of benzene rings is 1. The van der Waals surface area contributed by atoms with Crippen LogP contribution in [0.15, 0.2) is 24.4 Å². The van der Waals surface area contributed by atoms with Crippen LogP contribution >= 0.6 is 0 Å². The average Bonchev–Trinajstić information content (AvgIpc) is 2.72. The number of tetrazole rings is 1. The van der Waals surface area contributed by atoms with Gasteiger partial charge in [-0.05, 0) is 28.1 Å². The molecule has 0 unspecified atom stereocenters. The summed E-state index contributed by atoms with van der Waals surface area (Å²) in [7, 11) is 0. The van der Waals surface area contributed by atoms with Crippen molar-refractivity contribution >= 4 is 16.7 Å². The van der Waals surface area contributed by atoms with E-state index in [0.29, 0.717) is 5.78 Å². The third-order valence-electron chi connectivity index (χ3n) is 2.23. The zero-order valence-corrected chi connectivity index (χ0v) is 7.70. The molecule has 3 aromatic rings. The van der Waals surface area contributed by atoms with Crippen molar-refractivity contribution in [1.82, 2.24) is 25.0 Å². The van der Waals surface area contributed by atoms with E-state index in [-0.39, 0.29) is 6.61 Å². The molecule has 3 rings (SSSR count). The van der Waals surface area contributed by atoms with Gasteiger partial charge in [-0.1, -0.05) is 11.2 Å². The standard InChI is InChI=1S/C9H7N5O/c15-5-6-1-2-8-7(3-6)4-14-9(10-8)11-12-13-14/h1-4,15H,5H2. The summed E-state index contributed by atoms with van der Waals surface area (Å²) in [6, 6.07) is 5.54. The van der Waals surface area contributed by atoms with E-state index in [1.165, 1.54) is 4.52 Å². The maximum atomic E-state index is 9.00. The molecule has 0 atom stereocenters. The Balaban J connectivity index is 2.38. The van der Waals surface area contributed by atoms with Crippen molar-refractivity contribution in [3.63, 3.8) is 0 Å². The van der Waals surface area contributed by atoms with Gasteiger partial charge in [-0.3, -0.25) is 0 Å². The van der Waals surface area contributed by atoms with E-state index >= 15 is 0 Å². The molecular formula is C9H7N5O. The predicted molar refractivity (Wildman–Crippen MR) is 52.0 cm³/mol. The lowest BCUT2D eigenvalue weighted by Gasteiger charge is -1.99. The predicted octanol–water partition coefficient (Wildman–Crippen LogP) is 0.165. The highest BCUT2D eigenvalue weighted by atomic mass is 16.3. The summed E-state index contributed by atoms with van der Waals surface area (Å²) in [5.74, 6) is 0.472. The first kappa shape index (κ1) is 8.25. The Morgan fingerprint density at radius 3 is 3.13 bits per heavy atom. The monoisotopic (exact) mass is 201 g/mol. The summed E-state index contributed by atoms with van der Waals surface area (Å²) in [5.41, 5.74) is 1.66. The van der Waals surface area contributed by atoms with Crippen LogP contribution in [-0.2, 0) is 6.61 Å². The van der Waals surface area contributed by atoms with Crippen LogP contribution in [0.2, 0.25) is 0 Å². The highest BCUT2D eigenvalue weighted by Gasteiger charge is 2.02. The smallest absolute Gasteiger partial charge is 0.273 e. The molecule has 0 amide bonds. The SMILES string of the molecule is OCc1ccc2nc3nnnn3cc2c1. The lowest BCUT2D eigenvalue weighted by atomic mass is 10.1. The molecule has 74 valence electrons. The van der Waals surface area contributed by atoms with Crippen molar-refractivity contribution in [2.75, 3.05) is 0 Å². The minimum absolute atomic E-state index is 0.0174. The van der Waals surface area contributed by atoms with E-state index in [4.69, 9.17) is 5.11 Å². The van der Waals surface area contributed by atoms with Crippen molar-refractivity contribution < 1.29 is 5.11 Å². The first-order valence-electron chi connectivity index (χ1n) is 4.45. The molecule has 0 fully saturated rings. The van der Waals surface area contributed by atoms with Crippen molar-refractivity contribution in [3.8, 4) is 0 Å². The Morgan fingerprint density at radius 1 is 1.33 bits per heavy atom. The second kappa shape index (κ2) is 2.96. The number of hydrogen-bond acceptors (Lipinski definition) is 5. The lowest BCUT2D eigenvalue weighted by Crippen LogP contribution is -1.92. The summed E-state index contributed by atoms with van der Waals surface area (Å²) in [5, 5.41) is 20.9. The second-order valence-electron chi connectivity index (χ2n) is 3.22. The molecule has 1 aromatic carbocycles. The molecule has 2 aromatic heterocycles. The fourth-order valence-corrected chi connectivity index (χ4v) is 1.49. The number of hydrogen-bond donors (Lipinski definition) is 1. The molecule has 6 heteroatoms. The quantitative estimate of drug-likeness (QED) is 0.607. The molecule has 0 saturated carbocycles. The molecule has 0 aliphatic carbocycles. The summed E-state index contributed by atoms with van der Waals surface area (Å²) < 4.78 is 1.50. The van der Waals surface area contributed by atoms with Crippen LogP contribution in [0.4, 0.5) is 0 Å². The van der Waals surface area contributed by atoms with Crippen LogP contribution in [0.1, 0.15) is 5.56 Å². The molecule has 6 nitrogen and oxygen atoms in total. The van der Waals surface area contributed by atoms with Gasteiger partial charge in [-0.15, -0.1) is 0 Å². The molecule has 0 radical (unpaired) electrons. The molecular weight excluding hydrogens is 194 g/mol. The van der Waals surface area contributed by atoms with Gasteiger partial charge in [0.1, 0.15) is 0 Å². The fourth-order valence-electron chi connectivity index (χ4n) is 1.49. The normalized spacial score (nSPS) is 11.3. The first-order valence-corrected chi connectivity index (χ1v) is 4.45. The van der Waals surface area contributed by atoms with E-state index in [2.05, 4.69) is 20.5 Å². The average molecular weight is 201 g/mol. The summed E-state index contributed by atoms with van der Waals surface area (Å²) >= 11 is 0. The largest absolute Gasteiger partial charge is 0.392 e. The van der Waals surface area contributed by atoms with E-state index in [1.807, 2.05) is 18.2 Å². The van der Waals surface area contributed by atoms with Crippen LogP contribution in [-0.4, -0.2) is 30.1 Å². The Kier molecular flexibility index (Phi) is 1.63. The zero-order chi connectivity index (χ0) is 10.3. The fraction of sp³-hybridized carbons (Fsp3) is 0.111. The Hall–Kier alpha value is -2.08. The van der Waals surface area contributed by atoms with Gasteiger partial charge in [0, 0.05) is 11.6 Å². The van der Waals surface area contributed by atoms with E-state index < -0.39 is 0 Å². The number of aromatic nitrogens is 5. The number of fused-ring (bicyclic) bond motifs is 2. The summed E-state index contributed by atoms with van der Waals surface area (Å²) in [6.45, 7) is 0.0174. The summed E-state index contributed by atoms with van der Waals surface area (Å²) in [4.78, 5) is 4.26. The van der Waals surface area contributed by atoms with E-state index in [0.717, 1.165) is 16.5 Å². The Morgan fingerprint density at radius 2 is 2.27 bits per heavy atom. The number of aliphatic hydroxyl groups excluding tert-OH is 1. The van der Waals surface area contributed by atoms with Crippen LogP contribution in [0.5, 0.6) is 0 Å². The van der Waals surface area contributed by atoms with Gasteiger partial charge in [-0.25, -0.2) is 4.98 Å². The van der Waals surface area contributed by atoms with Crippen LogP contribution < -0.4 is 0 Å². The Labute approximate surface area is 84.2 Å².